The summed E-state index contributed by atoms with van der Waals surface area (Å²) >= 11 is 3.56. The minimum absolute atomic E-state index is 0.0416. The number of aromatic nitrogens is 1. The third-order valence-corrected chi connectivity index (χ3v) is 4.94. The summed E-state index contributed by atoms with van der Waals surface area (Å²) < 4.78 is 1.01. The van der Waals surface area contributed by atoms with Crippen LogP contribution in [0.1, 0.15) is 41.7 Å². The Bertz CT molecular complexity index is 707. The number of carbonyl (C=O) groups excluding carboxylic acids is 1. The lowest BCUT2D eigenvalue weighted by molar-refractivity contribution is 0.0756. The molecule has 0 atom stereocenters. The second-order valence-electron chi connectivity index (χ2n) is 6.25. The second-order valence-corrected chi connectivity index (χ2v) is 7.10. The standard InChI is InChI=1S/C19H22BrN3O/c1-14-6-8-17(16(20)12-14)22-15-7-9-18(21-13-15)19(24)23-10-4-2-3-5-11-23/h6-9,12-13,22H,2-5,10-11H2,1H3. The van der Waals surface area contributed by atoms with Crippen LogP contribution in [0.4, 0.5) is 11.4 Å². The van der Waals surface area contributed by atoms with Gasteiger partial charge in [-0.1, -0.05) is 18.9 Å². The summed E-state index contributed by atoms with van der Waals surface area (Å²) in [5, 5.41) is 3.32. The maximum Gasteiger partial charge on any atom is 0.272 e. The summed E-state index contributed by atoms with van der Waals surface area (Å²) in [4.78, 5) is 18.8. The van der Waals surface area contributed by atoms with Crippen molar-refractivity contribution < 1.29 is 4.79 Å². The average molecular weight is 388 g/mol. The number of amides is 1. The minimum Gasteiger partial charge on any atom is -0.353 e. The van der Waals surface area contributed by atoms with E-state index in [1.54, 1.807) is 12.3 Å². The molecule has 1 N–H and O–H groups in total. The van der Waals surface area contributed by atoms with E-state index < -0.39 is 0 Å². The lowest BCUT2D eigenvalue weighted by Crippen LogP contribution is -2.32. The predicted octanol–water partition coefficient (Wildman–Crippen LogP) is 4.91. The number of anilines is 2. The van der Waals surface area contributed by atoms with Gasteiger partial charge in [-0.15, -0.1) is 0 Å². The van der Waals surface area contributed by atoms with E-state index in [2.05, 4.69) is 45.3 Å². The van der Waals surface area contributed by atoms with Crippen molar-refractivity contribution in [1.29, 1.82) is 0 Å². The van der Waals surface area contributed by atoms with Gasteiger partial charge >= 0.3 is 0 Å². The van der Waals surface area contributed by atoms with Gasteiger partial charge < -0.3 is 10.2 Å². The zero-order valence-corrected chi connectivity index (χ0v) is 15.5. The summed E-state index contributed by atoms with van der Waals surface area (Å²) in [5.41, 5.74) is 3.57. The maximum absolute atomic E-state index is 12.5. The summed E-state index contributed by atoms with van der Waals surface area (Å²) in [6, 6.07) is 9.85. The molecule has 1 aromatic heterocycles. The molecule has 0 unspecified atom stereocenters. The molecule has 5 heteroatoms. The monoisotopic (exact) mass is 387 g/mol. The molecule has 1 saturated heterocycles. The first kappa shape index (κ1) is 17.0. The van der Waals surface area contributed by atoms with Gasteiger partial charge in [-0.2, -0.15) is 0 Å². The molecule has 3 rings (SSSR count). The van der Waals surface area contributed by atoms with Gasteiger partial charge in [-0.3, -0.25) is 4.79 Å². The van der Waals surface area contributed by atoms with Crippen LogP contribution < -0.4 is 5.32 Å². The van der Waals surface area contributed by atoms with Crippen molar-refractivity contribution >= 4 is 33.2 Å². The first-order chi connectivity index (χ1) is 11.6. The molecule has 126 valence electrons. The van der Waals surface area contributed by atoms with Crippen molar-refractivity contribution in [2.75, 3.05) is 18.4 Å². The zero-order valence-electron chi connectivity index (χ0n) is 13.9. The van der Waals surface area contributed by atoms with E-state index in [0.29, 0.717) is 5.69 Å². The number of aryl methyl sites for hydroxylation is 1. The van der Waals surface area contributed by atoms with Gasteiger partial charge in [0, 0.05) is 17.6 Å². The number of nitrogens with zero attached hydrogens (tertiary/aromatic N) is 2. The molecule has 1 aliphatic heterocycles. The van der Waals surface area contributed by atoms with Gasteiger partial charge in [0.25, 0.3) is 5.91 Å². The second kappa shape index (κ2) is 7.79. The number of hydrogen-bond donors (Lipinski definition) is 1. The third kappa shape index (κ3) is 4.15. The Balaban J connectivity index is 1.69. The van der Waals surface area contributed by atoms with Gasteiger partial charge in [0.05, 0.1) is 17.6 Å². The number of rotatable bonds is 3. The van der Waals surface area contributed by atoms with Crippen LogP contribution in [0.2, 0.25) is 0 Å². The normalized spacial score (nSPS) is 15.0. The van der Waals surface area contributed by atoms with Crippen molar-refractivity contribution in [3.05, 3.63) is 52.3 Å². The Kier molecular flexibility index (Phi) is 5.51. The molecule has 1 aromatic carbocycles. The van der Waals surface area contributed by atoms with Gasteiger partial charge in [-0.05, 0) is 65.5 Å². The molecule has 24 heavy (non-hydrogen) atoms. The number of nitrogens with one attached hydrogen (secondary N) is 1. The van der Waals surface area contributed by atoms with E-state index in [1.165, 1.54) is 18.4 Å². The smallest absolute Gasteiger partial charge is 0.272 e. The van der Waals surface area contributed by atoms with Crippen molar-refractivity contribution in [3.63, 3.8) is 0 Å². The Morgan fingerprint density at radius 3 is 2.50 bits per heavy atom. The molecule has 1 aliphatic rings. The zero-order chi connectivity index (χ0) is 16.9. The van der Waals surface area contributed by atoms with Crippen LogP contribution in [-0.4, -0.2) is 28.9 Å². The van der Waals surface area contributed by atoms with E-state index in [0.717, 1.165) is 41.8 Å². The number of halogens is 1. The fraction of sp³-hybridized carbons (Fsp3) is 0.368. The molecule has 4 nitrogen and oxygen atoms in total. The van der Waals surface area contributed by atoms with Crippen LogP contribution in [-0.2, 0) is 0 Å². The largest absolute Gasteiger partial charge is 0.353 e. The van der Waals surface area contributed by atoms with Crippen LogP contribution in [0, 0.1) is 6.92 Å². The fourth-order valence-electron chi connectivity index (χ4n) is 2.91. The van der Waals surface area contributed by atoms with Gasteiger partial charge in [0.15, 0.2) is 0 Å². The van der Waals surface area contributed by atoms with Crippen LogP contribution in [0.3, 0.4) is 0 Å². The Morgan fingerprint density at radius 2 is 1.88 bits per heavy atom. The van der Waals surface area contributed by atoms with E-state index in [9.17, 15) is 4.79 Å². The van der Waals surface area contributed by atoms with Crippen LogP contribution in [0.5, 0.6) is 0 Å². The Labute approximate surface area is 151 Å². The number of hydrogen-bond acceptors (Lipinski definition) is 3. The van der Waals surface area contributed by atoms with E-state index in [-0.39, 0.29) is 5.91 Å². The van der Waals surface area contributed by atoms with Crippen molar-refractivity contribution in [1.82, 2.24) is 9.88 Å². The Hall–Kier alpha value is -1.88. The lowest BCUT2D eigenvalue weighted by Gasteiger charge is -2.19. The highest BCUT2D eigenvalue weighted by atomic mass is 79.9. The molecule has 0 radical (unpaired) electrons. The molecule has 0 saturated carbocycles. The SMILES string of the molecule is Cc1ccc(Nc2ccc(C(=O)N3CCCCCC3)nc2)c(Br)c1. The summed E-state index contributed by atoms with van der Waals surface area (Å²) in [5.74, 6) is 0.0416. The van der Waals surface area contributed by atoms with Crippen molar-refractivity contribution in [2.24, 2.45) is 0 Å². The maximum atomic E-state index is 12.5. The molecule has 0 spiro atoms. The van der Waals surface area contributed by atoms with Crippen LogP contribution in [0.25, 0.3) is 0 Å². The van der Waals surface area contributed by atoms with Gasteiger partial charge in [0.2, 0.25) is 0 Å². The van der Waals surface area contributed by atoms with E-state index in [4.69, 9.17) is 0 Å². The topological polar surface area (TPSA) is 45.2 Å². The average Bonchev–Trinajstić information content (AvgIpc) is 2.87. The number of pyridine rings is 1. The molecular weight excluding hydrogens is 366 g/mol. The summed E-state index contributed by atoms with van der Waals surface area (Å²) in [6.07, 6.45) is 6.33. The van der Waals surface area contributed by atoms with Crippen LogP contribution in [0.15, 0.2) is 41.0 Å². The highest BCUT2D eigenvalue weighted by Gasteiger charge is 2.18. The first-order valence-electron chi connectivity index (χ1n) is 8.42. The third-order valence-electron chi connectivity index (χ3n) is 4.28. The Morgan fingerprint density at radius 1 is 1.12 bits per heavy atom. The van der Waals surface area contributed by atoms with Gasteiger partial charge in [0.1, 0.15) is 5.69 Å². The summed E-state index contributed by atoms with van der Waals surface area (Å²) in [6.45, 7) is 3.74. The predicted molar refractivity (Wildman–Crippen MR) is 101 cm³/mol. The molecule has 2 heterocycles. The summed E-state index contributed by atoms with van der Waals surface area (Å²) in [7, 11) is 0. The lowest BCUT2D eigenvalue weighted by atomic mass is 10.2. The fourth-order valence-corrected chi connectivity index (χ4v) is 3.50. The van der Waals surface area contributed by atoms with Crippen LogP contribution >= 0.6 is 15.9 Å². The van der Waals surface area contributed by atoms with Gasteiger partial charge in [-0.25, -0.2) is 4.98 Å². The first-order valence-corrected chi connectivity index (χ1v) is 9.21. The van der Waals surface area contributed by atoms with E-state index >= 15 is 0 Å². The number of benzene rings is 1. The number of likely N-dealkylation sites (tertiary alicyclic amines) is 1. The quantitative estimate of drug-likeness (QED) is 0.813. The number of carbonyl (C=O) groups is 1. The molecule has 0 bridgehead atoms. The molecule has 1 fully saturated rings. The highest BCUT2D eigenvalue weighted by Crippen LogP contribution is 2.26. The molecular formula is C19H22BrN3O. The molecule has 2 aromatic rings. The minimum atomic E-state index is 0.0416. The van der Waals surface area contributed by atoms with Crippen molar-refractivity contribution in [2.45, 2.75) is 32.6 Å². The molecule has 0 aliphatic carbocycles. The van der Waals surface area contributed by atoms with E-state index in [1.807, 2.05) is 17.0 Å². The highest BCUT2D eigenvalue weighted by molar-refractivity contribution is 9.10. The van der Waals surface area contributed by atoms with Crippen molar-refractivity contribution in [3.8, 4) is 0 Å². The molecule has 1 amide bonds.